The van der Waals surface area contributed by atoms with Crippen molar-refractivity contribution >= 4 is 15.9 Å². The molecule has 0 unspecified atom stereocenters. The van der Waals surface area contributed by atoms with Crippen LogP contribution in [0.25, 0.3) is 0 Å². The summed E-state index contributed by atoms with van der Waals surface area (Å²) in [5.74, 6) is 0. The van der Waals surface area contributed by atoms with Gasteiger partial charge in [0.05, 0.1) is 6.54 Å². The molecule has 1 aromatic heterocycles. The normalized spacial score (nSPS) is 12.7. The number of hydrogen-bond donors (Lipinski definition) is 0. The van der Waals surface area contributed by atoms with Gasteiger partial charge in [0.15, 0.2) is 5.69 Å². The van der Waals surface area contributed by atoms with E-state index in [0.717, 1.165) is 5.56 Å². The molecule has 2 aromatic rings. The Morgan fingerprint density at radius 3 is 2.14 bits per heavy atom. The van der Waals surface area contributed by atoms with Crippen molar-refractivity contribution in [3.8, 4) is 0 Å². The van der Waals surface area contributed by atoms with Gasteiger partial charge in [-0.3, -0.25) is 4.68 Å². The number of nitrogens with zero attached hydrogens (tertiary/aromatic N) is 2. The van der Waals surface area contributed by atoms with E-state index in [1.807, 2.05) is 0 Å². The Morgan fingerprint density at radius 2 is 1.64 bits per heavy atom. The zero-order valence-electron chi connectivity index (χ0n) is 11.1. The average molecular weight is 387 g/mol. The van der Waals surface area contributed by atoms with Crippen LogP contribution in [0.3, 0.4) is 0 Å². The summed E-state index contributed by atoms with van der Waals surface area (Å²) in [6.07, 6.45) is -9.85. The molecule has 0 amide bonds. The fourth-order valence-electron chi connectivity index (χ4n) is 1.98. The molecule has 0 spiro atoms. The predicted octanol–water partition coefficient (Wildman–Crippen LogP) is 5.04. The van der Waals surface area contributed by atoms with E-state index in [2.05, 4.69) is 21.0 Å². The minimum atomic E-state index is -4.93. The number of rotatable bonds is 2. The first-order valence-corrected chi connectivity index (χ1v) is 6.74. The fourth-order valence-corrected chi connectivity index (χ4v) is 2.64. The summed E-state index contributed by atoms with van der Waals surface area (Å²) in [4.78, 5) is 0. The highest BCUT2D eigenvalue weighted by molar-refractivity contribution is 9.10. The maximum Gasteiger partial charge on any atom is 0.435 e. The van der Waals surface area contributed by atoms with Crippen LogP contribution in [0.15, 0.2) is 28.7 Å². The molecule has 2 nitrogen and oxygen atoms in total. The predicted molar refractivity (Wildman–Crippen MR) is 70.2 cm³/mol. The summed E-state index contributed by atoms with van der Waals surface area (Å²) in [7, 11) is 0. The third kappa shape index (κ3) is 3.82. The molecule has 22 heavy (non-hydrogen) atoms. The molecule has 0 aliphatic heterocycles. The molecule has 0 N–H and O–H groups in total. The Balaban J connectivity index is 2.47. The van der Waals surface area contributed by atoms with Crippen LogP contribution in [-0.2, 0) is 18.9 Å². The summed E-state index contributed by atoms with van der Waals surface area (Å²) in [5.41, 5.74) is -1.82. The SMILES string of the molecule is Cc1cc(Br)cc(Cn2nc(C(F)(F)F)cc2C(F)(F)F)c1. The maximum atomic E-state index is 12.9. The molecule has 2 rings (SSSR count). The monoisotopic (exact) mass is 386 g/mol. The zero-order valence-corrected chi connectivity index (χ0v) is 12.6. The van der Waals surface area contributed by atoms with Crippen LogP contribution in [-0.4, -0.2) is 9.78 Å². The molecule has 0 aliphatic rings. The summed E-state index contributed by atoms with van der Waals surface area (Å²) >= 11 is 3.19. The van der Waals surface area contributed by atoms with Gasteiger partial charge in [0.1, 0.15) is 5.69 Å². The second-order valence-electron chi connectivity index (χ2n) is 4.70. The molecule has 0 radical (unpaired) electrons. The van der Waals surface area contributed by atoms with Crippen molar-refractivity contribution in [3.05, 3.63) is 51.3 Å². The van der Waals surface area contributed by atoms with Crippen molar-refractivity contribution in [1.82, 2.24) is 9.78 Å². The second kappa shape index (κ2) is 5.60. The van der Waals surface area contributed by atoms with E-state index < -0.39 is 30.3 Å². The minimum absolute atomic E-state index is 0.0187. The van der Waals surface area contributed by atoms with E-state index in [9.17, 15) is 26.3 Å². The summed E-state index contributed by atoms with van der Waals surface area (Å²) in [6, 6.07) is 4.87. The van der Waals surface area contributed by atoms with Gasteiger partial charge in [-0.15, -0.1) is 0 Å². The Labute approximate surface area is 129 Å². The van der Waals surface area contributed by atoms with Crippen LogP contribution < -0.4 is 0 Å². The van der Waals surface area contributed by atoms with Gasteiger partial charge in [0.25, 0.3) is 0 Å². The van der Waals surface area contributed by atoms with Gasteiger partial charge < -0.3 is 0 Å². The maximum absolute atomic E-state index is 12.9. The third-order valence-corrected chi connectivity index (χ3v) is 3.25. The van der Waals surface area contributed by atoms with Crippen molar-refractivity contribution in [2.75, 3.05) is 0 Å². The van der Waals surface area contributed by atoms with E-state index in [1.54, 1.807) is 19.1 Å². The molecule has 1 heterocycles. The van der Waals surface area contributed by atoms with Crippen molar-refractivity contribution in [2.24, 2.45) is 0 Å². The average Bonchev–Trinajstić information content (AvgIpc) is 2.70. The topological polar surface area (TPSA) is 17.8 Å². The molecule has 120 valence electrons. The Hall–Kier alpha value is -1.51. The lowest BCUT2D eigenvalue weighted by Crippen LogP contribution is -2.15. The molecular weight excluding hydrogens is 378 g/mol. The fraction of sp³-hybridized carbons (Fsp3) is 0.308. The Morgan fingerprint density at radius 1 is 1.00 bits per heavy atom. The molecular formula is C13H9BrF6N2. The van der Waals surface area contributed by atoms with Crippen LogP contribution in [0.2, 0.25) is 0 Å². The largest absolute Gasteiger partial charge is 0.435 e. The van der Waals surface area contributed by atoms with Crippen LogP contribution in [0.4, 0.5) is 26.3 Å². The molecule has 0 fully saturated rings. The van der Waals surface area contributed by atoms with Crippen molar-refractivity contribution in [1.29, 1.82) is 0 Å². The molecule has 0 aliphatic carbocycles. The quantitative estimate of drug-likeness (QED) is 0.661. The second-order valence-corrected chi connectivity index (χ2v) is 5.62. The van der Waals surface area contributed by atoms with E-state index in [-0.39, 0.29) is 6.07 Å². The van der Waals surface area contributed by atoms with Crippen molar-refractivity contribution in [2.45, 2.75) is 25.8 Å². The highest BCUT2D eigenvalue weighted by Gasteiger charge is 2.41. The van der Waals surface area contributed by atoms with E-state index >= 15 is 0 Å². The van der Waals surface area contributed by atoms with Gasteiger partial charge in [-0.05, 0) is 30.2 Å². The van der Waals surface area contributed by atoms with Gasteiger partial charge in [0.2, 0.25) is 0 Å². The number of hydrogen-bond acceptors (Lipinski definition) is 1. The van der Waals surface area contributed by atoms with Gasteiger partial charge >= 0.3 is 12.4 Å². The van der Waals surface area contributed by atoms with Gasteiger partial charge in [-0.1, -0.05) is 22.0 Å². The summed E-state index contributed by atoms with van der Waals surface area (Å²) < 4.78 is 77.3. The van der Waals surface area contributed by atoms with Gasteiger partial charge in [-0.2, -0.15) is 31.4 Å². The van der Waals surface area contributed by atoms with Crippen LogP contribution in [0, 0.1) is 6.92 Å². The number of halogens is 7. The van der Waals surface area contributed by atoms with E-state index in [0.29, 0.717) is 14.7 Å². The molecule has 1 aromatic carbocycles. The molecule has 0 saturated heterocycles. The number of alkyl halides is 6. The van der Waals surface area contributed by atoms with Gasteiger partial charge in [0, 0.05) is 10.5 Å². The Kier molecular flexibility index (Phi) is 4.29. The zero-order chi connectivity index (χ0) is 16.7. The standard InChI is InChI=1S/C13H9BrF6N2/c1-7-2-8(4-9(14)3-7)6-22-11(13(18,19)20)5-10(21-22)12(15,16)17/h2-5H,6H2,1H3. The first kappa shape index (κ1) is 16.9. The lowest BCUT2D eigenvalue weighted by Gasteiger charge is -2.11. The number of benzene rings is 1. The molecule has 0 saturated carbocycles. The lowest BCUT2D eigenvalue weighted by atomic mass is 10.1. The van der Waals surface area contributed by atoms with Crippen LogP contribution in [0.5, 0.6) is 0 Å². The molecule has 9 heteroatoms. The smallest absolute Gasteiger partial charge is 0.255 e. The summed E-state index contributed by atoms with van der Waals surface area (Å²) in [5, 5.41) is 3.06. The first-order valence-electron chi connectivity index (χ1n) is 5.95. The lowest BCUT2D eigenvalue weighted by molar-refractivity contribution is -0.144. The number of aromatic nitrogens is 2. The van der Waals surface area contributed by atoms with E-state index in [1.165, 1.54) is 6.07 Å². The van der Waals surface area contributed by atoms with Crippen molar-refractivity contribution < 1.29 is 26.3 Å². The first-order chi connectivity index (χ1) is 9.96. The molecule has 0 bridgehead atoms. The Bertz CT molecular complexity index is 667. The van der Waals surface area contributed by atoms with E-state index in [4.69, 9.17) is 0 Å². The highest BCUT2D eigenvalue weighted by Crippen LogP contribution is 2.35. The van der Waals surface area contributed by atoms with Crippen molar-refractivity contribution in [3.63, 3.8) is 0 Å². The number of aryl methyl sites for hydroxylation is 1. The minimum Gasteiger partial charge on any atom is -0.255 e. The third-order valence-electron chi connectivity index (χ3n) is 2.80. The van der Waals surface area contributed by atoms with Crippen LogP contribution >= 0.6 is 15.9 Å². The van der Waals surface area contributed by atoms with Crippen LogP contribution in [0.1, 0.15) is 22.5 Å². The molecule has 0 atom stereocenters. The highest BCUT2D eigenvalue weighted by atomic mass is 79.9. The van der Waals surface area contributed by atoms with Gasteiger partial charge in [-0.25, -0.2) is 0 Å². The summed E-state index contributed by atoms with van der Waals surface area (Å²) in [6.45, 7) is 1.31.